The van der Waals surface area contributed by atoms with Crippen LogP contribution in [0.1, 0.15) is 19.5 Å². The highest BCUT2D eigenvalue weighted by atomic mass is 16.6. The Labute approximate surface area is 121 Å². The van der Waals surface area contributed by atoms with Crippen molar-refractivity contribution in [1.82, 2.24) is 19.9 Å². The number of nitrogens with two attached hydrogens (primary N) is 1. The van der Waals surface area contributed by atoms with Gasteiger partial charge in [-0.1, -0.05) is 26.0 Å². The normalized spacial score (nSPS) is 11.4. The van der Waals surface area contributed by atoms with Crippen LogP contribution in [0.2, 0.25) is 0 Å². The van der Waals surface area contributed by atoms with Crippen LogP contribution in [0.15, 0.2) is 28.9 Å². The van der Waals surface area contributed by atoms with E-state index in [1.807, 2.05) is 24.3 Å². The van der Waals surface area contributed by atoms with Gasteiger partial charge in [0.1, 0.15) is 6.61 Å². The second-order valence-electron chi connectivity index (χ2n) is 5.27. The summed E-state index contributed by atoms with van der Waals surface area (Å²) in [5, 5.41) is 7.23. The number of aromatic nitrogens is 4. The number of hydrogen-bond acceptors (Lipinski definition) is 6. The van der Waals surface area contributed by atoms with E-state index in [1.165, 1.54) is 0 Å². The van der Waals surface area contributed by atoms with Gasteiger partial charge in [-0.15, -0.1) is 0 Å². The Bertz CT molecular complexity index is 747. The summed E-state index contributed by atoms with van der Waals surface area (Å²) in [7, 11) is 0. The molecule has 0 atom stereocenters. The third-order valence-corrected chi connectivity index (χ3v) is 3.09. The number of anilines is 1. The number of hydrogen-bond donors (Lipinski definition) is 1. The lowest BCUT2D eigenvalue weighted by molar-refractivity contribution is 0.245. The summed E-state index contributed by atoms with van der Waals surface area (Å²) in [6.07, 6.45) is 0. The van der Waals surface area contributed by atoms with Crippen molar-refractivity contribution in [1.29, 1.82) is 0 Å². The minimum absolute atomic E-state index is 0.177. The van der Waals surface area contributed by atoms with Crippen LogP contribution in [0.5, 0.6) is 6.01 Å². The number of ether oxygens (including phenoxy) is 1. The number of nitrogen functional groups attached to an aromatic ring is 1. The molecule has 2 aromatic heterocycles. The van der Waals surface area contributed by atoms with Crippen molar-refractivity contribution in [2.75, 3.05) is 5.73 Å². The van der Waals surface area contributed by atoms with Crippen molar-refractivity contribution in [3.8, 4) is 6.01 Å². The van der Waals surface area contributed by atoms with Crippen LogP contribution in [0.25, 0.3) is 11.0 Å². The zero-order valence-corrected chi connectivity index (χ0v) is 12.0. The summed E-state index contributed by atoms with van der Waals surface area (Å²) in [6.45, 7) is 5.30. The van der Waals surface area contributed by atoms with Gasteiger partial charge in [-0.05, 0) is 28.4 Å². The molecular weight excluding hydrogens is 270 g/mol. The molecule has 3 rings (SSSR count). The number of nitrogens with zero attached hydrogens (tertiary/aromatic N) is 4. The smallest absolute Gasteiger partial charge is 0.297 e. The fourth-order valence-electron chi connectivity index (χ4n) is 2.15. The molecule has 7 nitrogen and oxygen atoms in total. The summed E-state index contributed by atoms with van der Waals surface area (Å²) in [6, 6.07) is 8.49. The predicted octanol–water partition coefficient (Wildman–Crippen LogP) is 2.24. The highest BCUT2D eigenvalue weighted by Gasteiger charge is 2.14. The zero-order chi connectivity index (χ0) is 14.8. The molecule has 2 heterocycles. The lowest BCUT2D eigenvalue weighted by atomic mass is 10.2. The first-order valence-electron chi connectivity index (χ1n) is 6.80. The molecular formula is C14H17N5O2. The molecule has 0 aliphatic carbocycles. The molecule has 1 aromatic carbocycles. The SMILES string of the molecule is CC(C)Cn1c(OCc2nonc2N)nc2ccccc21. The highest BCUT2D eigenvalue weighted by Crippen LogP contribution is 2.23. The Kier molecular flexibility index (Phi) is 3.47. The van der Waals surface area contributed by atoms with E-state index in [4.69, 9.17) is 10.5 Å². The summed E-state index contributed by atoms with van der Waals surface area (Å²) >= 11 is 0. The molecule has 7 heteroatoms. The van der Waals surface area contributed by atoms with Crippen LogP contribution in [0.3, 0.4) is 0 Å². The second-order valence-corrected chi connectivity index (χ2v) is 5.27. The van der Waals surface area contributed by atoms with Crippen LogP contribution >= 0.6 is 0 Å². The van der Waals surface area contributed by atoms with Gasteiger partial charge >= 0.3 is 0 Å². The highest BCUT2D eigenvalue weighted by molar-refractivity contribution is 5.76. The average Bonchev–Trinajstić information content (AvgIpc) is 3.01. The van der Waals surface area contributed by atoms with E-state index in [0.29, 0.717) is 17.6 Å². The lowest BCUT2D eigenvalue weighted by Gasteiger charge is -2.11. The first-order chi connectivity index (χ1) is 10.1. The Morgan fingerprint density at radius 1 is 1.29 bits per heavy atom. The van der Waals surface area contributed by atoms with Crippen molar-refractivity contribution >= 4 is 16.9 Å². The van der Waals surface area contributed by atoms with Gasteiger partial charge in [0, 0.05) is 6.54 Å². The molecule has 0 unspecified atom stereocenters. The molecule has 0 saturated heterocycles. The van der Waals surface area contributed by atoms with Crippen LogP contribution < -0.4 is 10.5 Å². The van der Waals surface area contributed by atoms with E-state index >= 15 is 0 Å². The van der Waals surface area contributed by atoms with Gasteiger partial charge in [-0.3, -0.25) is 4.57 Å². The molecule has 110 valence electrons. The second kappa shape index (κ2) is 5.43. The van der Waals surface area contributed by atoms with E-state index in [0.717, 1.165) is 17.6 Å². The Morgan fingerprint density at radius 3 is 2.81 bits per heavy atom. The van der Waals surface area contributed by atoms with E-state index in [-0.39, 0.29) is 12.4 Å². The van der Waals surface area contributed by atoms with Crippen LogP contribution in [0, 0.1) is 5.92 Å². The third-order valence-electron chi connectivity index (χ3n) is 3.09. The van der Waals surface area contributed by atoms with Gasteiger partial charge in [-0.25, -0.2) is 4.63 Å². The maximum atomic E-state index is 5.76. The number of rotatable bonds is 5. The minimum Gasteiger partial charge on any atom is -0.458 e. The molecule has 21 heavy (non-hydrogen) atoms. The third kappa shape index (κ3) is 2.67. The van der Waals surface area contributed by atoms with Crippen LogP contribution in [-0.4, -0.2) is 19.9 Å². The molecule has 0 aliphatic rings. The van der Waals surface area contributed by atoms with Gasteiger partial charge in [0.15, 0.2) is 11.5 Å². The fraction of sp³-hybridized carbons (Fsp3) is 0.357. The van der Waals surface area contributed by atoms with E-state index in [9.17, 15) is 0 Å². The van der Waals surface area contributed by atoms with Crippen molar-refractivity contribution in [2.24, 2.45) is 5.92 Å². The Hall–Kier alpha value is -2.57. The topological polar surface area (TPSA) is 92.0 Å². The number of para-hydroxylation sites is 2. The first kappa shape index (κ1) is 13.4. The van der Waals surface area contributed by atoms with Gasteiger partial charge < -0.3 is 10.5 Å². The van der Waals surface area contributed by atoms with Crippen molar-refractivity contribution in [3.63, 3.8) is 0 Å². The summed E-state index contributed by atoms with van der Waals surface area (Å²) < 4.78 is 12.4. The maximum Gasteiger partial charge on any atom is 0.297 e. The zero-order valence-electron chi connectivity index (χ0n) is 12.0. The van der Waals surface area contributed by atoms with E-state index in [1.54, 1.807) is 0 Å². The van der Waals surface area contributed by atoms with E-state index in [2.05, 4.69) is 38.3 Å². The molecule has 2 N–H and O–H groups in total. The van der Waals surface area contributed by atoms with Gasteiger partial charge in [0.05, 0.1) is 11.0 Å². The molecule has 0 radical (unpaired) electrons. The Balaban J connectivity index is 1.91. The molecule has 0 fully saturated rings. The standard InChI is InChI=1S/C14H17N5O2/c1-9(2)7-19-12-6-4-3-5-10(12)16-14(19)20-8-11-13(15)18-21-17-11/h3-6,9H,7-8H2,1-2H3,(H2,15,18). The molecule has 0 spiro atoms. The van der Waals surface area contributed by atoms with E-state index < -0.39 is 0 Å². The van der Waals surface area contributed by atoms with Gasteiger partial charge in [0.25, 0.3) is 6.01 Å². The number of imidazole rings is 1. The predicted molar refractivity (Wildman–Crippen MR) is 77.6 cm³/mol. The monoisotopic (exact) mass is 287 g/mol. The molecule has 0 amide bonds. The van der Waals surface area contributed by atoms with Crippen LogP contribution in [0.4, 0.5) is 5.82 Å². The van der Waals surface area contributed by atoms with Crippen LogP contribution in [-0.2, 0) is 13.2 Å². The fourth-order valence-corrected chi connectivity index (χ4v) is 2.15. The van der Waals surface area contributed by atoms with Gasteiger partial charge in [0.2, 0.25) is 0 Å². The summed E-state index contributed by atoms with van der Waals surface area (Å²) in [4.78, 5) is 4.52. The van der Waals surface area contributed by atoms with Crippen molar-refractivity contribution in [3.05, 3.63) is 30.0 Å². The molecule has 0 aliphatic heterocycles. The molecule has 0 bridgehead atoms. The molecule has 0 saturated carbocycles. The number of fused-ring (bicyclic) bond motifs is 1. The summed E-state index contributed by atoms with van der Waals surface area (Å²) in [5.41, 5.74) is 8.05. The van der Waals surface area contributed by atoms with Gasteiger partial charge in [-0.2, -0.15) is 4.98 Å². The first-order valence-corrected chi connectivity index (χ1v) is 6.80. The summed E-state index contributed by atoms with van der Waals surface area (Å²) in [5.74, 6) is 0.713. The van der Waals surface area contributed by atoms with Crippen molar-refractivity contribution in [2.45, 2.75) is 27.0 Å². The average molecular weight is 287 g/mol. The number of benzene rings is 1. The lowest BCUT2D eigenvalue weighted by Crippen LogP contribution is -2.09. The van der Waals surface area contributed by atoms with Crippen molar-refractivity contribution < 1.29 is 9.37 Å². The maximum absolute atomic E-state index is 5.76. The molecule has 3 aromatic rings. The minimum atomic E-state index is 0.177. The Morgan fingerprint density at radius 2 is 2.10 bits per heavy atom. The largest absolute Gasteiger partial charge is 0.458 e. The quantitative estimate of drug-likeness (QED) is 0.773.